The van der Waals surface area contributed by atoms with Gasteiger partial charge in [0.25, 0.3) is 5.91 Å². The fourth-order valence-corrected chi connectivity index (χ4v) is 2.47. The Hall–Kier alpha value is -2.25. The lowest BCUT2D eigenvalue weighted by Gasteiger charge is -2.20. The van der Waals surface area contributed by atoms with Crippen molar-refractivity contribution < 1.29 is 4.79 Å². The van der Waals surface area contributed by atoms with Crippen molar-refractivity contribution >= 4 is 17.5 Å². The predicted octanol–water partition coefficient (Wildman–Crippen LogP) is 3.46. The van der Waals surface area contributed by atoms with Crippen molar-refractivity contribution in [2.45, 2.75) is 26.8 Å². The van der Waals surface area contributed by atoms with E-state index in [-0.39, 0.29) is 5.91 Å². The van der Waals surface area contributed by atoms with Gasteiger partial charge < -0.3 is 4.90 Å². The number of carbonyl (C=O) groups excluding carboxylic acids is 1. The van der Waals surface area contributed by atoms with Gasteiger partial charge in [0.1, 0.15) is 5.69 Å². The molecule has 23 heavy (non-hydrogen) atoms. The maximum absolute atomic E-state index is 12.8. The molecule has 0 atom stereocenters. The Kier molecular flexibility index (Phi) is 6.25. The van der Waals surface area contributed by atoms with Crippen LogP contribution in [0.15, 0.2) is 36.5 Å². The van der Waals surface area contributed by atoms with Crippen LogP contribution >= 0.6 is 11.6 Å². The van der Waals surface area contributed by atoms with Crippen molar-refractivity contribution in [1.82, 2.24) is 14.7 Å². The Morgan fingerprint density at radius 2 is 2.04 bits per heavy atom. The summed E-state index contributed by atoms with van der Waals surface area (Å²) in [6, 6.07) is 9.73. The summed E-state index contributed by atoms with van der Waals surface area (Å²) in [5, 5.41) is 4.51. The first-order valence-corrected chi connectivity index (χ1v) is 8.09. The highest BCUT2D eigenvalue weighted by molar-refractivity contribution is 6.33. The van der Waals surface area contributed by atoms with Crippen LogP contribution in [-0.2, 0) is 6.54 Å². The molecule has 0 N–H and O–H groups in total. The largest absolute Gasteiger partial charge is 0.326 e. The summed E-state index contributed by atoms with van der Waals surface area (Å²) in [7, 11) is 0. The van der Waals surface area contributed by atoms with Crippen LogP contribution in [0.25, 0.3) is 0 Å². The molecule has 5 heteroatoms. The highest BCUT2D eigenvalue weighted by Crippen LogP contribution is 2.17. The zero-order valence-electron chi connectivity index (χ0n) is 13.4. The molecule has 2 rings (SSSR count). The van der Waals surface area contributed by atoms with Crippen LogP contribution < -0.4 is 0 Å². The maximum Gasteiger partial charge on any atom is 0.274 e. The number of hydrogen-bond acceptors (Lipinski definition) is 2. The van der Waals surface area contributed by atoms with E-state index in [2.05, 4.69) is 16.9 Å². The Balaban J connectivity index is 2.16. The predicted molar refractivity (Wildman–Crippen MR) is 92.4 cm³/mol. The lowest BCUT2D eigenvalue weighted by molar-refractivity contribution is 0.0764. The van der Waals surface area contributed by atoms with E-state index in [1.54, 1.807) is 9.58 Å². The number of carbonyl (C=O) groups is 1. The third-order valence-electron chi connectivity index (χ3n) is 3.35. The molecule has 120 valence electrons. The summed E-state index contributed by atoms with van der Waals surface area (Å²) >= 11 is 6.13. The van der Waals surface area contributed by atoms with E-state index in [0.29, 0.717) is 30.4 Å². The van der Waals surface area contributed by atoms with E-state index in [4.69, 9.17) is 11.6 Å². The molecular formula is C18H20ClN3O. The molecule has 1 aromatic carbocycles. The quantitative estimate of drug-likeness (QED) is 0.788. The third-order valence-corrected chi connectivity index (χ3v) is 3.63. The van der Waals surface area contributed by atoms with Gasteiger partial charge in [-0.1, -0.05) is 48.6 Å². The van der Waals surface area contributed by atoms with Crippen LogP contribution in [0.3, 0.4) is 0 Å². The molecule has 1 heterocycles. The molecule has 2 aromatic rings. The summed E-state index contributed by atoms with van der Waals surface area (Å²) < 4.78 is 1.62. The van der Waals surface area contributed by atoms with Crippen LogP contribution in [-0.4, -0.2) is 33.7 Å². The fourth-order valence-electron chi connectivity index (χ4n) is 2.25. The summed E-state index contributed by atoms with van der Waals surface area (Å²) in [5.74, 6) is 6.02. The number of rotatable bonds is 5. The SMILES string of the molecule is CCCN(CC#Cc1ccccc1)C(=O)c1c(Cl)cnn1CC. The molecule has 0 saturated heterocycles. The van der Waals surface area contributed by atoms with Gasteiger partial charge in [-0.3, -0.25) is 9.48 Å². The molecule has 4 nitrogen and oxygen atoms in total. The topological polar surface area (TPSA) is 38.1 Å². The zero-order valence-corrected chi connectivity index (χ0v) is 14.2. The lowest BCUT2D eigenvalue weighted by Crippen LogP contribution is -2.34. The standard InChI is InChI=1S/C18H20ClN3O/c1-3-12-21(13-8-11-15-9-6-5-7-10-15)18(23)17-16(19)14-20-22(17)4-2/h5-7,9-10,14H,3-4,12-13H2,1-2H3. The molecule has 0 fully saturated rings. The zero-order chi connectivity index (χ0) is 16.7. The minimum absolute atomic E-state index is 0.126. The van der Waals surface area contributed by atoms with Crippen LogP contribution in [0.5, 0.6) is 0 Å². The van der Waals surface area contributed by atoms with Gasteiger partial charge in [0.15, 0.2) is 0 Å². The lowest BCUT2D eigenvalue weighted by atomic mass is 10.2. The maximum atomic E-state index is 12.8. The minimum Gasteiger partial charge on any atom is -0.326 e. The average molecular weight is 330 g/mol. The fraction of sp³-hybridized carbons (Fsp3) is 0.333. The first-order valence-electron chi connectivity index (χ1n) is 7.71. The second-order valence-corrected chi connectivity index (χ2v) is 5.46. The number of nitrogens with zero attached hydrogens (tertiary/aromatic N) is 3. The molecule has 0 aliphatic carbocycles. The molecule has 0 saturated carbocycles. The first kappa shape index (κ1) is 17.1. The highest BCUT2D eigenvalue weighted by Gasteiger charge is 2.21. The summed E-state index contributed by atoms with van der Waals surface area (Å²) in [6.07, 6.45) is 2.37. The number of aryl methyl sites for hydroxylation is 1. The van der Waals surface area contributed by atoms with E-state index in [1.165, 1.54) is 6.20 Å². The monoisotopic (exact) mass is 329 g/mol. The molecule has 1 amide bonds. The molecular weight excluding hydrogens is 310 g/mol. The van der Waals surface area contributed by atoms with Crippen LogP contribution in [0.2, 0.25) is 5.02 Å². The van der Waals surface area contributed by atoms with Gasteiger partial charge in [0.2, 0.25) is 0 Å². The van der Waals surface area contributed by atoms with Crippen molar-refractivity contribution in [3.8, 4) is 11.8 Å². The Morgan fingerprint density at radius 1 is 1.30 bits per heavy atom. The molecule has 0 aliphatic heterocycles. The molecule has 0 radical (unpaired) electrons. The van der Waals surface area contributed by atoms with Crippen molar-refractivity contribution in [3.63, 3.8) is 0 Å². The Bertz CT molecular complexity index is 713. The second kappa shape index (κ2) is 8.40. The van der Waals surface area contributed by atoms with Gasteiger partial charge in [-0.15, -0.1) is 0 Å². The average Bonchev–Trinajstić information content (AvgIpc) is 2.95. The van der Waals surface area contributed by atoms with Crippen molar-refractivity contribution in [2.75, 3.05) is 13.1 Å². The summed E-state index contributed by atoms with van der Waals surface area (Å²) in [5.41, 5.74) is 1.37. The van der Waals surface area contributed by atoms with Gasteiger partial charge in [0, 0.05) is 18.7 Å². The number of hydrogen-bond donors (Lipinski definition) is 0. The number of amides is 1. The number of halogens is 1. The van der Waals surface area contributed by atoms with E-state index in [1.807, 2.05) is 44.2 Å². The van der Waals surface area contributed by atoms with Crippen LogP contribution in [0.4, 0.5) is 0 Å². The van der Waals surface area contributed by atoms with E-state index in [0.717, 1.165) is 12.0 Å². The van der Waals surface area contributed by atoms with Crippen LogP contribution in [0.1, 0.15) is 36.3 Å². The molecule has 0 bridgehead atoms. The third kappa shape index (κ3) is 4.37. The summed E-state index contributed by atoms with van der Waals surface area (Å²) in [6.45, 7) is 5.56. The molecule has 0 aliphatic rings. The first-order chi connectivity index (χ1) is 11.2. The number of aromatic nitrogens is 2. The Morgan fingerprint density at radius 3 is 2.70 bits per heavy atom. The van der Waals surface area contributed by atoms with Gasteiger partial charge in [-0.05, 0) is 25.5 Å². The smallest absolute Gasteiger partial charge is 0.274 e. The normalized spacial score (nSPS) is 10.0. The van der Waals surface area contributed by atoms with E-state index in [9.17, 15) is 4.79 Å². The summed E-state index contributed by atoms with van der Waals surface area (Å²) in [4.78, 5) is 14.5. The van der Waals surface area contributed by atoms with Crippen molar-refractivity contribution in [1.29, 1.82) is 0 Å². The van der Waals surface area contributed by atoms with E-state index < -0.39 is 0 Å². The van der Waals surface area contributed by atoms with Gasteiger partial charge in [-0.2, -0.15) is 5.10 Å². The minimum atomic E-state index is -0.126. The van der Waals surface area contributed by atoms with Crippen LogP contribution in [0, 0.1) is 11.8 Å². The second-order valence-electron chi connectivity index (χ2n) is 5.05. The van der Waals surface area contributed by atoms with Gasteiger partial charge in [-0.25, -0.2) is 0 Å². The Labute approximate surface area is 142 Å². The van der Waals surface area contributed by atoms with Crippen molar-refractivity contribution in [2.24, 2.45) is 0 Å². The van der Waals surface area contributed by atoms with E-state index >= 15 is 0 Å². The van der Waals surface area contributed by atoms with Gasteiger partial charge >= 0.3 is 0 Å². The van der Waals surface area contributed by atoms with Gasteiger partial charge in [0.05, 0.1) is 17.8 Å². The van der Waals surface area contributed by atoms with Crippen molar-refractivity contribution in [3.05, 3.63) is 52.8 Å². The molecule has 0 unspecified atom stereocenters. The molecule has 1 aromatic heterocycles. The number of benzene rings is 1. The molecule has 0 spiro atoms. The highest BCUT2D eigenvalue weighted by atomic mass is 35.5.